The van der Waals surface area contributed by atoms with Gasteiger partial charge in [-0.05, 0) is 24.6 Å². The van der Waals surface area contributed by atoms with Crippen LogP contribution in [0, 0.1) is 5.82 Å². The van der Waals surface area contributed by atoms with Crippen LogP contribution in [-0.4, -0.2) is 30.3 Å². The van der Waals surface area contributed by atoms with Gasteiger partial charge in [0.25, 0.3) is 0 Å². The molecule has 100 valence electrons. The van der Waals surface area contributed by atoms with Gasteiger partial charge in [-0.2, -0.15) is 0 Å². The summed E-state index contributed by atoms with van der Waals surface area (Å²) in [5, 5.41) is 12.4. The van der Waals surface area contributed by atoms with E-state index in [1.54, 1.807) is 12.1 Å². The molecular weight excluding hydrogens is 237 g/mol. The second-order valence-electron chi connectivity index (χ2n) is 3.98. The summed E-state index contributed by atoms with van der Waals surface area (Å²) in [7, 11) is 0. The third kappa shape index (κ3) is 5.63. The number of halogens is 1. The molecule has 0 saturated carbocycles. The minimum absolute atomic E-state index is 0.0544. The monoisotopic (exact) mass is 255 g/mol. The summed E-state index contributed by atoms with van der Waals surface area (Å²) in [4.78, 5) is 11.1. The summed E-state index contributed by atoms with van der Waals surface area (Å²) < 4.78 is 17.7. The first-order valence-electron chi connectivity index (χ1n) is 5.95. The molecule has 0 bridgehead atoms. The largest absolute Gasteiger partial charge is 0.463 e. The molecule has 0 radical (unpaired) electrons. The van der Waals surface area contributed by atoms with Crippen LogP contribution in [0.1, 0.15) is 19.8 Å². The van der Waals surface area contributed by atoms with Crippen LogP contribution in [0.5, 0.6) is 0 Å². The number of anilines is 1. The number of rotatable bonds is 7. The molecule has 1 unspecified atom stereocenters. The van der Waals surface area contributed by atoms with Crippen molar-refractivity contribution in [2.75, 3.05) is 18.5 Å². The molecule has 0 heterocycles. The van der Waals surface area contributed by atoms with Gasteiger partial charge in [0.1, 0.15) is 18.5 Å². The number of hydrogen-bond donors (Lipinski definition) is 2. The van der Waals surface area contributed by atoms with Crippen LogP contribution >= 0.6 is 0 Å². The molecule has 1 atom stereocenters. The number of carbonyl (C=O) groups is 1. The molecule has 0 fully saturated rings. The van der Waals surface area contributed by atoms with Crippen molar-refractivity contribution >= 4 is 11.7 Å². The van der Waals surface area contributed by atoms with Crippen LogP contribution in [0.4, 0.5) is 10.1 Å². The quantitative estimate of drug-likeness (QED) is 0.731. The van der Waals surface area contributed by atoms with Crippen LogP contribution < -0.4 is 5.32 Å². The van der Waals surface area contributed by atoms with Crippen molar-refractivity contribution in [3.8, 4) is 0 Å². The lowest BCUT2D eigenvalue weighted by Crippen LogP contribution is -2.26. The molecule has 0 aliphatic carbocycles. The van der Waals surface area contributed by atoms with Crippen molar-refractivity contribution in [2.45, 2.75) is 25.9 Å². The summed E-state index contributed by atoms with van der Waals surface area (Å²) in [5.74, 6) is -0.661. The Labute approximate surface area is 106 Å². The SMILES string of the molecule is CCCC(=O)OCC(O)CNc1cccc(F)c1. The number of ether oxygens (including phenoxy) is 1. The van der Waals surface area contributed by atoms with E-state index < -0.39 is 6.10 Å². The highest BCUT2D eigenvalue weighted by atomic mass is 19.1. The van der Waals surface area contributed by atoms with Crippen molar-refractivity contribution in [3.05, 3.63) is 30.1 Å². The maximum Gasteiger partial charge on any atom is 0.305 e. The van der Waals surface area contributed by atoms with Gasteiger partial charge in [0.15, 0.2) is 0 Å². The Balaban J connectivity index is 2.24. The number of aliphatic hydroxyl groups is 1. The Kier molecular flexibility index (Phi) is 6.14. The molecule has 4 nitrogen and oxygen atoms in total. The van der Waals surface area contributed by atoms with Crippen molar-refractivity contribution in [1.82, 2.24) is 0 Å². The van der Waals surface area contributed by atoms with Gasteiger partial charge in [-0.1, -0.05) is 13.0 Å². The number of hydrogen-bond acceptors (Lipinski definition) is 4. The predicted molar refractivity (Wildman–Crippen MR) is 66.8 cm³/mol. The fourth-order valence-electron chi connectivity index (χ4n) is 1.36. The molecule has 0 aliphatic rings. The van der Waals surface area contributed by atoms with E-state index >= 15 is 0 Å². The van der Waals surface area contributed by atoms with Gasteiger partial charge in [0, 0.05) is 18.7 Å². The van der Waals surface area contributed by atoms with Crippen LogP contribution in [0.25, 0.3) is 0 Å². The highest BCUT2D eigenvalue weighted by Gasteiger charge is 2.08. The Morgan fingerprint density at radius 1 is 1.56 bits per heavy atom. The number of aliphatic hydroxyl groups excluding tert-OH is 1. The predicted octanol–water partition coefficient (Wildman–Crippen LogP) is 1.94. The van der Waals surface area contributed by atoms with Crippen molar-refractivity contribution in [2.24, 2.45) is 0 Å². The van der Waals surface area contributed by atoms with E-state index in [0.717, 1.165) is 6.42 Å². The van der Waals surface area contributed by atoms with Gasteiger partial charge in [0.2, 0.25) is 0 Å². The number of carbonyl (C=O) groups excluding carboxylic acids is 1. The van der Waals surface area contributed by atoms with E-state index in [1.807, 2.05) is 6.92 Å². The lowest BCUT2D eigenvalue weighted by atomic mass is 10.3. The van der Waals surface area contributed by atoms with E-state index in [1.165, 1.54) is 12.1 Å². The summed E-state index contributed by atoms with van der Waals surface area (Å²) in [5.41, 5.74) is 0.578. The van der Waals surface area contributed by atoms with Crippen molar-refractivity contribution < 1.29 is 19.0 Å². The molecule has 0 amide bonds. The summed E-state index contributed by atoms with van der Waals surface area (Å²) >= 11 is 0. The average molecular weight is 255 g/mol. The lowest BCUT2D eigenvalue weighted by Gasteiger charge is -2.13. The van der Waals surface area contributed by atoms with Crippen molar-refractivity contribution in [1.29, 1.82) is 0 Å². The normalized spacial score (nSPS) is 11.9. The second-order valence-corrected chi connectivity index (χ2v) is 3.98. The van der Waals surface area contributed by atoms with E-state index in [-0.39, 0.29) is 24.9 Å². The maximum atomic E-state index is 12.9. The molecule has 2 N–H and O–H groups in total. The van der Waals surface area contributed by atoms with Crippen LogP contribution in [0.2, 0.25) is 0 Å². The van der Waals surface area contributed by atoms with Crippen LogP contribution in [-0.2, 0) is 9.53 Å². The third-order valence-corrected chi connectivity index (χ3v) is 2.26. The van der Waals surface area contributed by atoms with Gasteiger partial charge in [-0.25, -0.2) is 4.39 Å². The van der Waals surface area contributed by atoms with E-state index in [2.05, 4.69) is 5.32 Å². The first kappa shape index (κ1) is 14.4. The summed E-state index contributed by atoms with van der Waals surface area (Å²) in [6.45, 7) is 2.02. The third-order valence-electron chi connectivity index (χ3n) is 2.26. The van der Waals surface area contributed by atoms with Gasteiger partial charge >= 0.3 is 5.97 Å². The standard InChI is InChI=1S/C13H18FNO3/c1-2-4-13(17)18-9-12(16)8-15-11-6-3-5-10(14)7-11/h3,5-7,12,15-16H,2,4,8-9H2,1H3. The maximum absolute atomic E-state index is 12.9. The molecule has 1 aromatic rings. The fraction of sp³-hybridized carbons (Fsp3) is 0.462. The molecule has 0 saturated heterocycles. The molecule has 1 rings (SSSR count). The average Bonchev–Trinajstić information content (AvgIpc) is 2.34. The fourth-order valence-corrected chi connectivity index (χ4v) is 1.36. The smallest absolute Gasteiger partial charge is 0.305 e. The summed E-state index contributed by atoms with van der Waals surface area (Å²) in [6, 6.07) is 5.94. The number of nitrogens with one attached hydrogen (secondary N) is 1. The minimum Gasteiger partial charge on any atom is -0.463 e. The zero-order valence-corrected chi connectivity index (χ0v) is 10.4. The first-order valence-corrected chi connectivity index (χ1v) is 5.95. The van der Waals surface area contributed by atoms with Gasteiger partial charge in [-0.3, -0.25) is 4.79 Å². The van der Waals surface area contributed by atoms with Crippen molar-refractivity contribution in [3.63, 3.8) is 0 Å². The van der Waals surface area contributed by atoms with E-state index in [0.29, 0.717) is 12.1 Å². The Morgan fingerprint density at radius 3 is 3.00 bits per heavy atom. The van der Waals surface area contributed by atoms with Crippen LogP contribution in [0.15, 0.2) is 24.3 Å². The zero-order valence-electron chi connectivity index (χ0n) is 10.4. The highest BCUT2D eigenvalue weighted by molar-refractivity contribution is 5.69. The van der Waals surface area contributed by atoms with Gasteiger partial charge in [0.05, 0.1) is 0 Å². The van der Waals surface area contributed by atoms with Gasteiger partial charge in [-0.15, -0.1) is 0 Å². The molecule has 18 heavy (non-hydrogen) atoms. The first-order chi connectivity index (χ1) is 8.61. The van der Waals surface area contributed by atoms with E-state index in [9.17, 15) is 14.3 Å². The highest BCUT2D eigenvalue weighted by Crippen LogP contribution is 2.08. The Hall–Kier alpha value is -1.62. The molecule has 1 aromatic carbocycles. The topological polar surface area (TPSA) is 58.6 Å². The van der Waals surface area contributed by atoms with E-state index in [4.69, 9.17) is 4.74 Å². The number of benzene rings is 1. The second kappa shape index (κ2) is 7.66. The summed E-state index contributed by atoms with van der Waals surface area (Å²) in [6.07, 6.45) is 0.259. The molecule has 0 spiro atoms. The Bertz CT molecular complexity index is 384. The lowest BCUT2D eigenvalue weighted by molar-refractivity contribution is -0.146. The molecular formula is C13H18FNO3. The minimum atomic E-state index is -0.811. The number of esters is 1. The Morgan fingerprint density at radius 2 is 2.33 bits per heavy atom. The zero-order chi connectivity index (χ0) is 13.4. The van der Waals surface area contributed by atoms with Crippen LogP contribution in [0.3, 0.4) is 0 Å². The molecule has 0 aromatic heterocycles. The molecule has 5 heteroatoms. The van der Waals surface area contributed by atoms with Gasteiger partial charge < -0.3 is 15.2 Å². The molecule has 0 aliphatic heterocycles.